The third-order valence-electron chi connectivity index (χ3n) is 5.72. The van der Waals surface area contributed by atoms with Crippen LogP contribution in [0.25, 0.3) is 0 Å². The molecule has 1 fully saturated rings. The van der Waals surface area contributed by atoms with E-state index in [1.54, 1.807) is 12.1 Å². The van der Waals surface area contributed by atoms with E-state index < -0.39 is 28.0 Å². The molecule has 1 aliphatic heterocycles. The Bertz CT molecular complexity index is 1070. The van der Waals surface area contributed by atoms with E-state index >= 15 is 0 Å². The summed E-state index contributed by atoms with van der Waals surface area (Å²) in [5.41, 5.74) is 1.03. The fourth-order valence-corrected chi connectivity index (χ4v) is 5.43. The molecule has 0 bridgehead atoms. The van der Waals surface area contributed by atoms with Gasteiger partial charge in [0.25, 0.3) is 5.91 Å². The van der Waals surface area contributed by atoms with Crippen LogP contribution in [0.3, 0.4) is 0 Å². The smallest absolute Gasteiger partial charge is 0.338 e. The predicted molar refractivity (Wildman–Crippen MR) is 122 cm³/mol. The van der Waals surface area contributed by atoms with Crippen LogP contribution < -0.4 is 5.32 Å². The number of hydrogen-bond acceptors (Lipinski definition) is 5. The second kappa shape index (κ2) is 10.9. The van der Waals surface area contributed by atoms with Gasteiger partial charge in [-0.1, -0.05) is 18.6 Å². The SMILES string of the molecule is CC(OC(=O)c1ccc(S(=O)(=O)N2CCCCC2C)cc1)C(=O)NCCc1ccc(F)cc1. The lowest BCUT2D eigenvalue weighted by molar-refractivity contribution is -0.129. The normalized spacial score (nSPS) is 17.8. The van der Waals surface area contributed by atoms with E-state index in [4.69, 9.17) is 4.74 Å². The summed E-state index contributed by atoms with van der Waals surface area (Å²) in [4.78, 5) is 24.7. The third kappa shape index (κ3) is 6.39. The highest BCUT2D eigenvalue weighted by molar-refractivity contribution is 7.89. The van der Waals surface area contributed by atoms with Crippen LogP contribution in [0.2, 0.25) is 0 Å². The van der Waals surface area contributed by atoms with Gasteiger partial charge in [0.05, 0.1) is 10.5 Å². The highest BCUT2D eigenvalue weighted by atomic mass is 32.2. The van der Waals surface area contributed by atoms with Crippen molar-refractivity contribution in [3.8, 4) is 0 Å². The average molecular weight is 477 g/mol. The van der Waals surface area contributed by atoms with E-state index in [2.05, 4.69) is 5.32 Å². The van der Waals surface area contributed by atoms with Gasteiger partial charge in [0, 0.05) is 19.1 Å². The zero-order valence-electron chi connectivity index (χ0n) is 18.8. The Hall–Kier alpha value is -2.78. The number of carbonyl (C=O) groups excluding carboxylic acids is 2. The number of rotatable bonds is 8. The quantitative estimate of drug-likeness (QED) is 0.590. The minimum absolute atomic E-state index is 0.0594. The molecule has 9 heteroatoms. The summed E-state index contributed by atoms with van der Waals surface area (Å²) in [5.74, 6) is -1.50. The van der Waals surface area contributed by atoms with Crippen molar-refractivity contribution in [1.29, 1.82) is 0 Å². The highest BCUT2D eigenvalue weighted by Gasteiger charge is 2.31. The molecule has 1 aliphatic rings. The van der Waals surface area contributed by atoms with E-state index in [0.717, 1.165) is 24.8 Å². The summed E-state index contributed by atoms with van der Waals surface area (Å²) in [6.07, 6.45) is 2.16. The summed E-state index contributed by atoms with van der Waals surface area (Å²) in [5, 5.41) is 2.68. The molecular formula is C24H29FN2O5S. The monoisotopic (exact) mass is 476 g/mol. The van der Waals surface area contributed by atoms with Crippen molar-refractivity contribution in [3.05, 3.63) is 65.5 Å². The molecule has 33 heavy (non-hydrogen) atoms. The van der Waals surface area contributed by atoms with E-state index in [1.165, 1.54) is 47.6 Å². The van der Waals surface area contributed by atoms with Crippen LogP contribution in [0.5, 0.6) is 0 Å². The van der Waals surface area contributed by atoms with E-state index in [9.17, 15) is 22.4 Å². The zero-order chi connectivity index (χ0) is 24.0. The molecule has 0 spiro atoms. The lowest BCUT2D eigenvalue weighted by atomic mass is 10.1. The van der Waals surface area contributed by atoms with Gasteiger partial charge in [0.15, 0.2) is 6.10 Å². The number of benzene rings is 2. The Labute approximate surface area is 194 Å². The van der Waals surface area contributed by atoms with Gasteiger partial charge >= 0.3 is 5.97 Å². The van der Waals surface area contributed by atoms with Crippen LogP contribution >= 0.6 is 0 Å². The number of piperidine rings is 1. The molecule has 0 aliphatic carbocycles. The van der Waals surface area contributed by atoms with Crippen LogP contribution in [0.1, 0.15) is 49.0 Å². The van der Waals surface area contributed by atoms with Crippen LogP contribution in [-0.2, 0) is 26.0 Å². The van der Waals surface area contributed by atoms with Crippen molar-refractivity contribution < 1.29 is 27.1 Å². The van der Waals surface area contributed by atoms with Gasteiger partial charge in [-0.25, -0.2) is 17.6 Å². The molecular weight excluding hydrogens is 447 g/mol. The number of sulfonamides is 1. The molecule has 2 atom stereocenters. The third-order valence-corrected chi connectivity index (χ3v) is 7.75. The summed E-state index contributed by atoms with van der Waals surface area (Å²) in [6, 6.07) is 11.5. The maximum absolute atomic E-state index is 12.9. The molecule has 1 saturated heterocycles. The van der Waals surface area contributed by atoms with Crippen LogP contribution in [0, 0.1) is 5.82 Å². The standard InChI is InChI=1S/C24H29FN2O5S/c1-17-5-3-4-16-27(17)33(30,31)22-12-8-20(9-13-22)24(29)32-18(2)23(28)26-15-14-19-6-10-21(25)11-7-19/h6-13,17-18H,3-5,14-16H2,1-2H3,(H,26,28). The molecule has 1 amide bonds. The molecule has 7 nitrogen and oxygen atoms in total. The number of nitrogens with one attached hydrogen (secondary N) is 1. The van der Waals surface area contributed by atoms with Crippen molar-refractivity contribution in [3.63, 3.8) is 0 Å². The predicted octanol–water partition coefficient (Wildman–Crippen LogP) is 3.29. The fourth-order valence-electron chi connectivity index (χ4n) is 3.73. The molecule has 178 valence electrons. The molecule has 2 aromatic carbocycles. The number of esters is 1. The Balaban J connectivity index is 1.53. The lowest BCUT2D eigenvalue weighted by Gasteiger charge is -2.32. The Morgan fingerprint density at radius 3 is 2.42 bits per heavy atom. The molecule has 0 radical (unpaired) electrons. The number of amides is 1. The zero-order valence-corrected chi connectivity index (χ0v) is 19.6. The highest BCUT2D eigenvalue weighted by Crippen LogP contribution is 2.25. The first-order valence-corrected chi connectivity index (χ1v) is 12.5. The maximum atomic E-state index is 12.9. The number of carbonyl (C=O) groups is 2. The average Bonchev–Trinajstić information content (AvgIpc) is 2.80. The first-order valence-electron chi connectivity index (χ1n) is 11.0. The molecule has 0 aromatic heterocycles. The lowest BCUT2D eigenvalue weighted by Crippen LogP contribution is -2.41. The van der Waals surface area contributed by atoms with Crippen LogP contribution in [0.4, 0.5) is 4.39 Å². The van der Waals surface area contributed by atoms with Gasteiger partial charge in [0.1, 0.15) is 5.82 Å². The van der Waals surface area contributed by atoms with Crippen molar-refractivity contribution in [2.45, 2.75) is 56.6 Å². The molecule has 1 heterocycles. The topological polar surface area (TPSA) is 92.8 Å². The minimum atomic E-state index is -3.63. The van der Waals surface area contributed by atoms with Gasteiger partial charge < -0.3 is 10.1 Å². The second-order valence-corrected chi connectivity index (χ2v) is 10.1. The largest absolute Gasteiger partial charge is 0.449 e. The maximum Gasteiger partial charge on any atom is 0.338 e. The molecule has 2 unspecified atom stereocenters. The number of hydrogen-bond donors (Lipinski definition) is 1. The Morgan fingerprint density at radius 1 is 1.12 bits per heavy atom. The fraction of sp³-hybridized carbons (Fsp3) is 0.417. The van der Waals surface area contributed by atoms with Crippen molar-refractivity contribution >= 4 is 21.9 Å². The molecule has 1 N–H and O–H groups in total. The number of nitrogens with zero attached hydrogens (tertiary/aromatic N) is 1. The van der Waals surface area contributed by atoms with Crippen LogP contribution in [-0.4, -0.2) is 49.8 Å². The number of halogens is 1. The van der Waals surface area contributed by atoms with Crippen molar-refractivity contribution in [2.75, 3.05) is 13.1 Å². The van der Waals surface area contributed by atoms with Crippen molar-refractivity contribution in [2.24, 2.45) is 0 Å². The molecule has 3 rings (SSSR count). The van der Waals surface area contributed by atoms with Crippen molar-refractivity contribution in [1.82, 2.24) is 9.62 Å². The molecule has 2 aromatic rings. The summed E-state index contributed by atoms with van der Waals surface area (Å²) >= 11 is 0. The van der Waals surface area contributed by atoms with E-state index in [1.807, 2.05) is 6.92 Å². The van der Waals surface area contributed by atoms with Gasteiger partial charge in [0.2, 0.25) is 10.0 Å². The summed E-state index contributed by atoms with van der Waals surface area (Å²) < 4.78 is 45.5. The van der Waals surface area contributed by atoms with E-state index in [0.29, 0.717) is 19.5 Å². The molecule has 0 saturated carbocycles. The Morgan fingerprint density at radius 2 is 1.79 bits per heavy atom. The Kier molecular flexibility index (Phi) is 8.20. The summed E-state index contributed by atoms with van der Waals surface area (Å²) in [6.45, 7) is 4.16. The number of ether oxygens (including phenoxy) is 1. The first kappa shape index (κ1) is 24.9. The van der Waals surface area contributed by atoms with E-state index in [-0.39, 0.29) is 22.3 Å². The summed E-state index contributed by atoms with van der Waals surface area (Å²) in [7, 11) is -3.63. The first-order chi connectivity index (χ1) is 15.7. The van der Waals surface area contributed by atoms with Gasteiger partial charge in [-0.15, -0.1) is 0 Å². The van der Waals surface area contributed by atoms with Gasteiger partial charge in [-0.3, -0.25) is 4.79 Å². The second-order valence-electron chi connectivity index (χ2n) is 8.20. The van der Waals surface area contributed by atoms with Crippen LogP contribution in [0.15, 0.2) is 53.4 Å². The minimum Gasteiger partial charge on any atom is -0.449 e. The van der Waals surface area contributed by atoms with Gasteiger partial charge in [-0.05, 0) is 75.1 Å². The van der Waals surface area contributed by atoms with Gasteiger partial charge in [-0.2, -0.15) is 4.31 Å².